The fraction of sp³-hybridized carbons (Fsp3) is 0.600. The molecule has 106 valence electrons. The summed E-state index contributed by atoms with van der Waals surface area (Å²) in [4.78, 5) is 2.47. The Morgan fingerprint density at radius 1 is 1.42 bits per heavy atom. The molecule has 0 spiro atoms. The van der Waals surface area contributed by atoms with Crippen molar-refractivity contribution in [3.05, 3.63) is 22.7 Å². The first-order valence-electron chi connectivity index (χ1n) is 6.86. The summed E-state index contributed by atoms with van der Waals surface area (Å²) in [7, 11) is 1.71. The molecule has 0 aliphatic carbocycles. The van der Waals surface area contributed by atoms with E-state index in [1.165, 1.54) is 5.69 Å². The van der Waals surface area contributed by atoms with Crippen LogP contribution in [0.5, 0.6) is 5.75 Å². The van der Waals surface area contributed by atoms with E-state index in [0.717, 1.165) is 23.3 Å². The fourth-order valence-corrected chi connectivity index (χ4v) is 2.93. The maximum Gasteiger partial charge on any atom is 0.135 e. The van der Waals surface area contributed by atoms with Crippen LogP contribution in [-0.2, 0) is 0 Å². The first-order valence-corrected chi connectivity index (χ1v) is 7.65. The predicted molar refractivity (Wildman–Crippen MR) is 84.1 cm³/mol. The van der Waals surface area contributed by atoms with E-state index >= 15 is 0 Å². The number of nitrogens with one attached hydrogen (secondary N) is 1. The lowest BCUT2D eigenvalue weighted by Crippen LogP contribution is -2.57. The maximum absolute atomic E-state index is 5.40. The zero-order chi connectivity index (χ0) is 14.0. The van der Waals surface area contributed by atoms with Crippen LogP contribution in [0, 0.1) is 5.92 Å². The van der Waals surface area contributed by atoms with Crippen molar-refractivity contribution in [3.8, 4) is 5.75 Å². The largest absolute Gasteiger partial charge is 0.495 e. The molecule has 19 heavy (non-hydrogen) atoms. The molecule has 0 radical (unpaired) electrons. The Morgan fingerprint density at radius 3 is 2.79 bits per heavy atom. The van der Waals surface area contributed by atoms with Gasteiger partial charge in [0.25, 0.3) is 0 Å². The number of hydrogen-bond acceptors (Lipinski definition) is 3. The number of piperazine rings is 1. The van der Waals surface area contributed by atoms with Gasteiger partial charge in [0.05, 0.1) is 11.6 Å². The molecule has 2 atom stereocenters. The van der Waals surface area contributed by atoms with Crippen LogP contribution in [0.4, 0.5) is 5.69 Å². The summed E-state index contributed by atoms with van der Waals surface area (Å²) in [6.07, 6.45) is 0. The highest BCUT2D eigenvalue weighted by molar-refractivity contribution is 9.10. The lowest BCUT2D eigenvalue weighted by molar-refractivity contribution is 0.336. The third kappa shape index (κ3) is 3.23. The van der Waals surface area contributed by atoms with Crippen molar-refractivity contribution >= 4 is 21.6 Å². The number of halogens is 1. The zero-order valence-corrected chi connectivity index (χ0v) is 13.7. The summed E-state index contributed by atoms with van der Waals surface area (Å²) in [6, 6.07) is 7.38. The lowest BCUT2D eigenvalue weighted by Gasteiger charge is -2.42. The molecule has 0 saturated carbocycles. The van der Waals surface area contributed by atoms with Gasteiger partial charge in [-0.25, -0.2) is 0 Å². The summed E-state index contributed by atoms with van der Waals surface area (Å²) >= 11 is 3.51. The topological polar surface area (TPSA) is 24.5 Å². The number of nitrogens with zero attached hydrogens (tertiary/aromatic N) is 1. The predicted octanol–water partition coefficient (Wildman–Crippen LogP) is 3.28. The molecule has 4 heteroatoms. The molecule has 0 bridgehead atoms. The Hall–Kier alpha value is -0.740. The van der Waals surface area contributed by atoms with Crippen molar-refractivity contribution in [2.45, 2.75) is 32.9 Å². The second kappa shape index (κ2) is 6.14. The number of methoxy groups -OCH3 is 1. The first-order chi connectivity index (χ1) is 9.02. The van der Waals surface area contributed by atoms with Gasteiger partial charge in [-0.1, -0.05) is 13.8 Å². The van der Waals surface area contributed by atoms with E-state index in [9.17, 15) is 0 Å². The van der Waals surface area contributed by atoms with E-state index in [4.69, 9.17) is 4.74 Å². The van der Waals surface area contributed by atoms with E-state index in [2.05, 4.69) is 65.1 Å². The third-order valence-corrected chi connectivity index (χ3v) is 4.53. The Morgan fingerprint density at radius 2 is 2.16 bits per heavy atom. The monoisotopic (exact) mass is 326 g/mol. The minimum Gasteiger partial charge on any atom is -0.495 e. The molecule has 1 N–H and O–H groups in total. The molecule has 1 heterocycles. The maximum atomic E-state index is 5.40. The summed E-state index contributed by atoms with van der Waals surface area (Å²) in [5.41, 5.74) is 1.24. The van der Waals surface area contributed by atoms with Gasteiger partial charge in [-0.05, 0) is 40.9 Å². The standard InChI is InChI=1S/C15H23BrN2O/c1-10(2)14-9-18(11(3)8-17-14)12-5-6-13(16)15(7-12)19-4/h5-7,10-11,14,17H,8-9H2,1-4H3. The van der Waals surface area contributed by atoms with Gasteiger partial charge in [0.2, 0.25) is 0 Å². The number of hydrogen-bond donors (Lipinski definition) is 1. The van der Waals surface area contributed by atoms with Crippen LogP contribution in [0.15, 0.2) is 22.7 Å². The highest BCUT2D eigenvalue weighted by Crippen LogP contribution is 2.31. The Labute approximate surface area is 124 Å². The minimum atomic E-state index is 0.501. The molecule has 1 fully saturated rings. The van der Waals surface area contributed by atoms with Crippen LogP contribution < -0.4 is 15.0 Å². The highest BCUT2D eigenvalue weighted by Gasteiger charge is 2.27. The van der Waals surface area contributed by atoms with Crippen LogP contribution in [0.3, 0.4) is 0 Å². The van der Waals surface area contributed by atoms with Crippen molar-refractivity contribution in [1.82, 2.24) is 5.32 Å². The van der Waals surface area contributed by atoms with E-state index in [0.29, 0.717) is 18.0 Å². The van der Waals surface area contributed by atoms with Gasteiger partial charge >= 0.3 is 0 Å². The van der Waals surface area contributed by atoms with Crippen molar-refractivity contribution in [2.24, 2.45) is 5.92 Å². The van der Waals surface area contributed by atoms with Crippen LogP contribution in [0.25, 0.3) is 0 Å². The van der Waals surface area contributed by atoms with Crippen LogP contribution in [-0.4, -0.2) is 32.3 Å². The number of anilines is 1. The lowest BCUT2D eigenvalue weighted by atomic mass is 9.99. The molecule has 0 amide bonds. The third-order valence-electron chi connectivity index (χ3n) is 3.87. The molecule has 3 nitrogen and oxygen atoms in total. The molecule has 1 aliphatic heterocycles. The van der Waals surface area contributed by atoms with Crippen molar-refractivity contribution in [3.63, 3.8) is 0 Å². The molecule has 2 unspecified atom stereocenters. The quantitative estimate of drug-likeness (QED) is 0.922. The summed E-state index contributed by atoms with van der Waals surface area (Å²) < 4.78 is 6.40. The number of ether oxygens (including phenoxy) is 1. The van der Waals surface area contributed by atoms with Crippen molar-refractivity contribution < 1.29 is 4.74 Å². The van der Waals surface area contributed by atoms with Gasteiger partial charge in [0.15, 0.2) is 0 Å². The summed E-state index contributed by atoms with van der Waals surface area (Å²) in [6.45, 7) is 8.88. The van der Waals surface area contributed by atoms with Crippen molar-refractivity contribution in [2.75, 3.05) is 25.1 Å². The van der Waals surface area contributed by atoms with Gasteiger partial charge < -0.3 is 15.0 Å². The van der Waals surface area contributed by atoms with Gasteiger partial charge in [-0.3, -0.25) is 0 Å². The summed E-state index contributed by atoms with van der Waals surface area (Å²) in [5.74, 6) is 1.54. The van der Waals surface area contributed by atoms with E-state index in [1.54, 1.807) is 7.11 Å². The van der Waals surface area contributed by atoms with Gasteiger partial charge in [-0.15, -0.1) is 0 Å². The van der Waals surface area contributed by atoms with E-state index in [1.807, 2.05) is 0 Å². The molecule has 1 aromatic rings. The molecule has 0 aromatic heterocycles. The summed E-state index contributed by atoms with van der Waals surface area (Å²) in [5, 5.41) is 3.63. The molecule has 1 saturated heterocycles. The van der Waals surface area contributed by atoms with Crippen LogP contribution in [0.1, 0.15) is 20.8 Å². The molecular weight excluding hydrogens is 304 g/mol. The molecular formula is C15H23BrN2O. The molecule has 1 aromatic carbocycles. The van der Waals surface area contributed by atoms with Crippen molar-refractivity contribution in [1.29, 1.82) is 0 Å². The fourth-order valence-electron chi connectivity index (χ4n) is 2.52. The molecule has 1 aliphatic rings. The Kier molecular flexibility index (Phi) is 4.74. The Balaban J connectivity index is 2.23. The SMILES string of the molecule is COc1cc(N2CC(C(C)C)NCC2C)ccc1Br. The second-order valence-electron chi connectivity index (χ2n) is 5.58. The number of rotatable bonds is 3. The van der Waals surface area contributed by atoms with E-state index in [-0.39, 0.29) is 0 Å². The highest BCUT2D eigenvalue weighted by atomic mass is 79.9. The average Bonchev–Trinajstić information content (AvgIpc) is 2.40. The van der Waals surface area contributed by atoms with E-state index < -0.39 is 0 Å². The normalized spacial score (nSPS) is 23.8. The second-order valence-corrected chi connectivity index (χ2v) is 6.43. The van der Waals surface area contributed by atoms with Gasteiger partial charge in [0.1, 0.15) is 5.75 Å². The molecule has 2 rings (SSSR count). The smallest absolute Gasteiger partial charge is 0.135 e. The average molecular weight is 327 g/mol. The Bertz CT molecular complexity index is 436. The first kappa shape index (κ1) is 14.7. The zero-order valence-electron chi connectivity index (χ0n) is 12.1. The number of benzene rings is 1. The van der Waals surface area contributed by atoms with Crippen LogP contribution >= 0.6 is 15.9 Å². The van der Waals surface area contributed by atoms with Gasteiger partial charge in [0, 0.05) is 36.9 Å². The van der Waals surface area contributed by atoms with Gasteiger partial charge in [-0.2, -0.15) is 0 Å². The van der Waals surface area contributed by atoms with Crippen LogP contribution in [0.2, 0.25) is 0 Å². The minimum absolute atomic E-state index is 0.501.